The number of aliphatic hydroxyl groups is 1. The monoisotopic (exact) mass is 292 g/mol. The van der Waals surface area contributed by atoms with Crippen LogP contribution in [0, 0.1) is 6.92 Å². The summed E-state index contributed by atoms with van der Waals surface area (Å²) in [6, 6.07) is 5.53. The highest BCUT2D eigenvalue weighted by Crippen LogP contribution is 2.22. The van der Waals surface area contributed by atoms with Gasteiger partial charge in [-0.3, -0.25) is 4.79 Å². The summed E-state index contributed by atoms with van der Waals surface area (Å²) in [6.07, 6.45) is -0.496. The van der Waals surface area contributed by atoms with Crippen LogP contribution in [0.5, 0.6) is 5.75 Å². The fraction of sp³-hybridized carbons (Fsp3) is 0.562. The van der Waals surface area contributed by atoms with Crippen molar-refractivity contribution in [2.75, 3.05) is 39.8 Å². The van der Waals surface area contributed by atoms with Crippen LogP contribution in [0.15, 0.2) is 18.2 Å². The fourth-order valence-corrected chi connectivity index (χ4v) is 2.38. The van der Waals surface area contributed by atoms with Gasteiger partial charge in [0.15, 0.2) is 6.61 Å². The molecule has 1 atom stereocenters. The molecule has 0 aromatic heterocycles. The zero-order valence-electron chi connectivity index (χ0n) is 13.0. The van der Waals surface area contributed by atoms with Crippen molar-refractivity contribution < 1.29 is 14.6 Å². The van der Waals surface area contributed by atoms with Crippen molar-refractivity contribution in [2.24, 2.45) is 0 Å². The van der Waals surface area contributed by atoms with Crippen molar-refractivity contribution in [3.8, 4) is 5.75 Å². The number of carbonyl (C=O) groups is 1. The van der Waals surface area contributed by atoms with E-state index in [1.165, 1.54) is 0 Å². The highest BCUT2D eigenvalue weighted by Gasteiger charge is 2.19. The molecule has 0 spiro atoms. The second-order valence-electron chi connectivity index (χ2n) is 5.67. The van der Waals surface area contributed by atoms with Crippen molar-refractivity contribution in [3.05, 3.63) is 29.3 Å². The Balaban J connectivity index is 1.89. The van der Waals surface area contributed by atoms with Crippen LogP contribution in [-0.4, -0.2) is 60.6 Å². The number of hydrogen-bond donors (Lipinski definition) is 1. The van der Waals surface area contributed by atoms with E-state index in [9.17, 15) is 9.90 Å². The van der Waals surface area contributed by atoms with E-state index in [1.807, 2.05) is 30.0 Å². The van der Waals surface area contributed by atoms with Crippen molar-refractivity contribution in [1.82, 2.24) is 9.80 Å². The molecular formula is C16H24N2O3. The van der Waals surface area contributed by atoms with E-state index >= 15 is 0 Å². The maximum Gasteiger partial charge on any atom is 0.260 e. The Hall–Kier alpha value is -1.59. The highest BCUT2D eigenvalue weighted by atomic mass is 16.5. The van der Waals surface area contributed by atoms with Gasteiger partial charge in [0, 0.05) is 26.2 Å². The highest BCUT2D eigenvalue weighted by molar-refractivity contribution is 5.78. The van der Waals surface area contributed by atoms with Gasteiger partial charge in [-0.1, -0.05) is 6.07 Å². The second kappa shape index (κ2) is 6.91. The Morgan fingerprint density at radius 3 is 2.57 bits per heavy atom. The van der Waals surface area contributed by atoms with Gasteiger partial charge in [-0.25, -0.2) is 0 Å². The minimum atomic E-state index is -0.496. The Morgan fingerprint density at radius 2 is 2.00 bits per heavy atom. The van der Waals surface area contributed by atoms with Gasteiger partial charge in [-0.05, 0) is 44.2 Å². The molecule has 1 aromatic rings. The van der Waals surface area contributed by atoms with Gasteiger partial charge >= 0.3 is 0 Å². The molecule has 2 rings (SSSR count). The van der Waals surface area contributed by atoms with E-state index in [0.717, 1.165) is 37.3 Å². The molecule has 0 radical (unpaired) electrons. The Bertz CT molecular complexity index is 494. The third-order valence-corrected chi connectivity index (χ3v) is 3.89. The minimum Gasteiger partial charge on any atom is -0.484 e. The molecular weight excluding hydrogens is 268 g/mol. The summed E-state index contributed by atoms with van der Waals surface area (Å²) >= 11 is 0. The third kappa shape index (κ3) is 4.19. The van der Waals surface area contributed by atoms with Crippen LogP contribution in [0.2, 0.25) is 0 Å². The van der Waals surface area contributed by atoms with Crippen LogP contribution in [0.25, 0.3) is 0 Å². The smallest absolute Gasteiger partial charge is 0.260 e. The van der Waals surface area contributed by atoms with E-state index in [2.05, 4.69) is 11.9 Å². The lowest BCUT2D eigenvalue weighted by atomic mass is 10.1. The molecule has 21 heavy (non-hydrogen) atoms. The van der Waals surface area contributed by atoms with Crippen LogP contribution in [0.1, 0.15) is 24.2 Å². The molecule has 5 heteroatoms. The molecule has 116 valence electrons. The lowest BCUT2D eigenvalue weighted by Gasteiger charge is -2.32. The van der Waals surface area contributed by atoms with Gasteiger partial charge in [-0.2, -0.15) is 0 Å². The molecule has 0 saturated carbocycles. The van der Waals surface area contributed by atoms with Crippen LogP contribution in [-0.2, 0) is 4.79 Å². The average molecular weight is 292 g/mol. The third-order valence-electron chi connectivity index (χ3n) is 3.89. The summed E-state index contributed by atoms with van der Waals surface area (Å²) in [5.74, 6) is 0.726. The number of nitrogens with zero attached hydrogens (tertiary/aromatic N) is 2. The Kier molecular flexibility index (Phi) is 5.20. The molecule has 1 aliphatic rings. The fourth-order valence-electron chi connectivity index (χ4n) is 2.38. The minimum absolute atomic E-state index is 0.0297. The van der Waals surface area contributed by atoms with Gasteiger partial charge in [0.1, 0.15) is 5.75 Å². The number of benzene rings is 1. The van der Waals surface area contributed by atoms with Gasteiger partial charge < -0.3 is 19.6 Å². The largest absolute Gasteiger partial charge is 0.484 e. The molecule has 1 fully saturated rings. The van der Waals surface area contributed by atoms with E-state index in [1.54, 1.807) is 6.92 Å². The Labute approximate surface area is 126 Å². The molecule has 0 aliphatic carbocycles. The molecule has 0 bridgehead atoms. The first-order chi connectivity index (χ1) is 9.97. The normalized spacial score (nSPS) is 17.6. The van der Waals surface area contributed by atoms with Crippen LogP contribution in [0.4, 0.5) is 0 Å². The van der Waals surface area contributed by atoms with Crippen LogP contribution >= 0.6 is 0 Å². The standard InChI is InChI=1S/C16H24N2O3/c1-12-10-14(13(2)19)4-5-15(12)21-11-16(20)18-8-6-17(3)7-9-18/h4-5,10,13,19H,6-9,11H2,1-3H3/t13-/m0/s1. The predicted octanol–water partition coefficient (Wildman–Crippen LogP) is 1.20. The SMILES string of the molecule is Cc1cc([C@H](C)O)ccc1OCC(=O)N1CCN(C)CC1. The van der Waals surface area contributed by atoms with Crippen molar-refractivity contribution in [1.29, 1.82) is 0 Å². The molecule has 0 unspecified atom stereocenters. The number of aliphatic hydroxyl groups excluding tert-OH is 1. The summed E-state index contributed by atoms with van der Waals surface area (Å²) in [4.78, 5) is 16.2. The summed E-state index contributed by atoms with van der Waals surface area (Å²) in [6.45, 7) is 7.06. The average Bonchev–Trinajstić information content (AvgIpc) is 2.46. The maximum absolute atomic E-state index is 12.1. The molecule has 1 N–H and O–H groups in total. The summed E-state index contributed by atoms with van der Waals surface area (Å²) in [5, 5.41) is 9.54. The van der Waals surface area contributed by atoms with Crippen molar-refractivity contribution in [2.45, 2.75) is 20.0 Å². The molecule has 1 aliphatic heterocycles. The number of ether oxygens (including phenoxy) is 1. The van der Waals surface area contributed by atoms with E-state index in [-0.39, 0.29) is 12.5 Å². The maximum atomic E-state index is 12.1. The van der Waals surface area contributed by atoms with Gasteiger partial charge in [0.25, 0.3) is 5.91 Å². The topological polar surface area (TPSA) is 53.0 Å². The molecule has 1 aromatic carbocycles. The molecule has 5 nitrogen and oxygen atoms in total. The van der Waals surface area contributed by atoms with Crippen LogP contribution < -0.4 is 4.74 Å². The van der Waals surface area contributed by atoms with Crippen molar-refractivity contribution in [3.63, 3.8) is 0 Å². The first-order valence-electron chi connectivity index (χ1n) is 7.35. The zero-order chi connectivity index (χ0) is 15.4. The van der Waals surface area contributed by atoms with Gasteiger partial charge in [0.2, 0.25) is 0 Å². The zero-order valence-corrected chi connectivity index (χ0v) is 13.0. The number of rotatable bonds is 4. The number of amides is 1. The Morgan fingerprint density at radius 1 is 1.33 bits per heavy atom. The number of carbonyl (C=O) groups excluding carboxylic acids is 1. The first kappa shape index (κ1) is 15.8. The lowest BCUT2D eigenvalue weighted by Crippen LogP contribution is -2.48. The second-order valence-corrected chi connectivity index (χ2v) is 5.67. The summed E-state index contributed by atoms with van der Waals surface area (Å²) < 4.78 is 5.63. The quantitative estimate of drug-likeness (QED) is 0.906. The molecule has 1 heterocycles. The van der Waals surface area contributed by atoms with E-state index < -0.39 is 6.10 Å². The summed E-state index contributed by atoms with van der Waals surface area (Å²) in [7, 11) is 2.06. The van der Waals surface area contributed by atoms with Crippen molar-refractivity contribution >= 4 is 5.91 Å². The number of likely N-dealkylation sites (N-methyl/N-ethyl adjacent to an activating group) is 1. The van der Waals surface area contributed by atoms with Gasteiger partial charge in [0.05, 0.1) is 6.10 Å². The summed E-state index contributed by atoms with van der Waals surface area (Å²) in [5.41, 5.74) is 1.78. The van der Waals surface area contributed by atoms with Gasteiger partial charge in [-0.15, -0.1) is 0 Å². The molecule has 1 saturated heterocycles. The first-order valence-corrected chi connectivity index (χ1v) is 7.35. The number of hydrogen-bond acceptors (Lipinski definition) is 4. The predicted molar refractivity (Wildman–Crippen MR) is 81.4 cm³/mol. The molecule has 1 amide bonds. The van der Waals surface area contributed by atoms with Crippen LogP contribution in [0.3, 0.4) is 0 Å². The number of piperazine rings is 1. The number of aryl methyl sites for hydroxylation is 1. The van der Waals surface area contributed by atoms with E-state index in [4.69, 9.17) is 4.74 Å². The van der Waals surface area contributed by atoms with E-state index in [0.29, 0.717) is 5.75 Å². The lowest BCUT2D eigenvalue weighted by molar-refractivity contribution is -0.134.